The summed E-state index contributed by atoms with van der Waals surface area (Å²) < 4.78 is 16.5. The first kappa shape index (κ1) is 21.9. The highest BCUT2D eigenvalue weighted by atomic mass is 16.6. The van der Waals surface area contributed by atoms with Gasteiger partial charge in [0.2, 0.25) is 0 Å². The van der Waals surface area contributed by atoms with Crippen molar-refractivity contribution in [3.63, 3.8) is 0 Å². The van der Waals surface area contributed by atoms with E-state index in [0.717, 1.165) is 39.0 Å². The molecular weight excluding hydrogens is 300 g/mol. The lowest BCUT2D eigenvalue weighted by molar-refractivity contribution is 0.0908. The van der Waals surface area contributed by atoms with Crippen LogP contribution < -0.4 is 0 Å². The highest BCUT2D eigenvalue weighted by Crippen LogP contribution is 2.14. The average molecular weight is 343 g/mol. The highest BCUT2D eigenvalue weighted by Gasteiger charge is 2.21. The van der Waals surface area contributed by atoms with Gasteiger partial charge in [0, 0.05) is 19.8 Å². The summed E-state index contributed by atoms with van der Waals surface area (Å²) in [6.45, 7) is 9.12. The molecule has 1 fully saturated rings. The van der Waals surface area contributed by atoms with E-state index in [0.29, 0.717) is 6.10 Å². The van der Waals surface area contributed by atoms with Crippen LogP contribution in [0.1, 0.15) is 90.9 Å². The molecule has 0 aliphatic carbocycles. The maximum atomic E-state index is 5.86. The fourth-order valence-electron chi connectivity index (χ4n) is 3.00. The van der Waals surface area contributed by atoms with Crippen molar-refractivity contribution in [2.45, 2.75) is 97.0 Å². The van der Waals surface area contributed by atoms with E-state index in [-0.39, 0.29) is 0 Å². The molecule has 0 aromatic heterocycles. The SMILES string of the molecule is CCCCC(CC)COCCCCCCCCCCOCC1CO1. The van der Waals surface area contributed by atoms with Crippen molar-refractivity contribution in [1.29, 1.82) is 0 Å². The molecule has 1 aliphatic heterocycles. The first-order chi connectivity index (χ1) is 11.9. The second kappa shape index (κ2) is 16.4. The first-order valence-electron chi connectivity index (χ1n) is 10.6. The molecule has 2 unspecified atom stereocenters. The largest absolute Gasteiger partial charge is 0.381 e. The maximum Gasteiger partial charge on any atom is 0.104 e. The van der Waals surface area contributed by atoms with Gasteiger partial charge in [0.1, 0.15) is 6.10 Å². The predicted octanol–water partition coefficient (Wildman–Crippen LogP) is 5.76. The fraction of sp³-hybridized carbons (Fsp3) is 1.00. The number of hydrogen-bond acceptors (Lipinski definition) is 3. The van der Waals surface area contributed by atoms with Gasteiger partial charge >= 0.3 is 0 Å². The van der Waals surface area contributed by atoms with E-state index in [1.54, 1.807) is 0 Å². The Kier molecular flexibility index (Phi) is 14.9. The summed E-state index contributed by atoms with van der Waals surface area (Å²) >= 11 is 0. The van der Waals surface area contributed by atoms with Gasteiger partial charge in [0.05, 0.1) is 13.2 Å². The normalized spacial score (nSPS) is 18.0. The van der Waals surface area contributed by atoms with E-state index in [1.165, 1.54) is 77.0 Å². The third kappa shape index (κ3) is 14.2. The molecule has 0 amide bonds. The van der Waals surface area contributed by atoms with Gasteiger partial charge in [-0.2, -0.15) is 0 Å². The minimum absolute atomic E-state index is 0.415. The summed E-state index contributed by atoms with van der Waals surface area (Å²) in [5, 5.41) is 0. The summed E-state index contributed by atoms with van der Waals surface area (Å²) in [7, 11) is 0. The molecular formula is C21H42O3. The van der Waals surface area contributed by atoms with E-state index >= 15 is 0 Å². The summed E-state index contributed by atoms with van der Waals surface area (Å²) in [4.78, 5) is 0. The topological polar surface area (TPSA) is 31.0 Å². The van der Waals surface area contributed by atoms with Crippen molar-refractivity contribution in [1.82, 2.24) is 0 Å². The van der Waals surface area contributed by atoms with E-state index in [9.17, 15) is 0 Å². The number of unbranched alkanes of at least 4 members (excludes halogenated alkanes) is 8. The quantitative estimate of drug-likeness (QED) is 0.221. The Morgan fingerprint density at radius 1 is 0.833 bits per heavy atom. The van der Waals surface area contributed by atoms with E-state index in [4.69, 9.17) is 14.2 Å². The Morgan fingerprint density at radius 3 is 1.96 bits per heavy atom. The Bertz CT molecular complexity index is 253. The number of hydrogen-bond donors (Lipinski definition) is 0. The van der Waals surface area contributed by atoms with Crippen molar-refractivity contribution in [3.8, 4) is 0 Å². The molecule has 0 aromatic carbocycles. The zero-order valence-corrected chi connectivity index (χ0v) is 16.4. The molecule has 0 aromatic rings. The van der Waals surface area contributed by atoms with Crippen molar-refractivity contribution in [3.05, 3.63) is 0 Å². The lowest BCUT2D eigenvalue weighted by atomic mass is 10.0. The van der Waals surface area contributed by atoms with E-state index < -0.39 is 0 Å². The molecule has 1 rings (SSSR count). The third-order valence-electron chi connectivity index (χ3n) is 4.93. The van der Waals surface area contributed by atoms with Gasteiger partial charge in [-0.05, 0) is 25.2 Å². The third-order valence-corrected chi connectivity index (χ3v) is 4.93. The minimum atomic E-state index is 0.415. The van der Waals surface area contributed by atoms with Gasteiger partial charge in [0.25, 0.3) is 0 Å². The van der Waals surface area contributed by atoms with Crippen LogP contribution in [0.3, 0.4) is 0 Å². The maximum absolute atomic E-state index is 5.86. The van der Waals surface area contributed by atoms with Crippen LogP contribution in [-0.4, -0.2) is 39.1 Å². The smallest absolute Gasteiger partial charge is 0.104 e. The molecule has 1 aliphatic rings. The summed E-state index contributed by atoms with van der Waals surface area (Å²) in [5.74, 6) is 0.783. The molecule has 0 N–H and O–H groups in total. The Balaban J connectivity index is 1.69. The average Bonchev–Trinajstić information content (AvgIpc) is 3.42. The predicted molar refractivity (Wildman–Crippen MR) is 102 cm³/mol. The molecule has 0 bridgehead atoms. The molecule has 0 saturated carbocycles. The Labute approximate surface area is 150 Å². The fourth-order valence-corrected chi connectivity index (χ4v) is 3.00. The van der Waals surface area contributed by atoms with Crippen LogP contribution >= 0.6 is 0 Å². The standard InChI is InChI=1S/C21H42O3/c1-3-5-14-20(4-2)17-22-15-12-10-8-6-7-9-11-13-16-23-18-21-19-24-21/h20-21H,3-19H2,1-2H3. The van der Waals surface area contributed by atoms with Crippen LogP contribution in [0.15, 0.2) is 0 Å². The summed E-state index contributed by atoms with van der Waals surface area (Å²) in [6, 6.07) is 0. The van der Waals surface area contributed by atoms with E-state index in [2.05, 4.69) is 13.8 Å². The summed E-state index contributed by atoms with van der Waals surface area (Å²) in [6.07, 6.45) is 16.2. The van der Waals surface area contributed by atoms with Gasteiger partial charge in [-0.3, -0.25) is 0 Å². The zero-order valence-electron chi connectivity index (χ0n) is 16.4. The van der Waals surface area contributed by atoms with Gasteiger partial charge in [-0.1, -0.05) is 71.6 Å². The minimum Gasteiger partial charge on any atom is -0.381 e. The van der Waals surface area contributed by atoms with Crippen LogP contribution in [0.2, 0.25) is 0 Å². The van der Waals surface area contributed by atoms with Gasteiger partial charge in [0.15, 0.2) is 0 Å². The molecule has 24 heavy (non-hydrogen) atoms. The molecule has 0 spiro atoms. The molecule has 144 valence electrons. The van der Waals surface area contributed by atoms with Crippen molar-refractivity contribution >= 4 is 0 Å². The Hall–Kier alpha value is -0.120. The zero-order chi connectivity index (χ0) is 17.3. The van der Waals surface area contributed by atoms with Crippen LogP contribution in [0.25, 0.3) is 0 Å². The van der Waals surface area contributed by atoms with E-state index in [1.807, 2.05) is 0 Å². The lowest BCUT2D eigenvalue weighted by Crippen LogP contribution is -2.09. The number of ether oxygens (including phenoxy) is 3. The van der Waals surface area contributed by atoms with Gasteiger partial charge in [-0.15, -0.1) is 0 Å². The second-order valence-electron chi connectivity index (χ2n) is 7.35. The number of rotatable bonds is 19. The van der Waals surface area contributed by atoms with Crippen LogP contribution in [0.5, 0.6) is 0 Å². The molecule has 1 heterocycles. The molecule has 3 nitrogen and oxygen atoms in total. The lowest BCUT2D eigenvalue weighted by Gasteiger charge is -2.14. The monoisotopic (exact) mass is 342 g/mol. The molecule has 3 heteroatoms. The highest BCUT2D eigenvalue weighted by molar-refractivity contribution is 4.67. The van der Waals surface area contributed by atoms with Gasteiger partial charge < -0.3 is 14.2 Å². The van der Waals surface area contributed by atoms with Crippen LogP contribution in [-0.2, 0) is 14.2 Å². The molecule has 0 radical (unpaired) electrons. The number of epoxide rings is 1. The van der Waals surface area contributed by atoms with Crippen molar-refractivity contribution in [2.24, 2.45) is 5.92 Å². The van der Waals surface area contributed by atoms with Crippen molar-refractivity contribution in [2.75, 3.05) is 33.0 Å². The molecule has 2 atom stereocenters. The first-order valence-corrected chi connectivity index (χ1v) is 10.6. The molecule has 1 saturated heterocycles. The van der Waals surface area contributed by atoms with Gasteiger partial charge in [-0.25, -0.2) is 0 Å². The Morgan fingerprint density at radius 2 is 1.42 bits per heavy atom. The van der Waals surface area contributed by atoms with Crippen LogP contribution in [0.4, 0.5) is 0 Å². The van der Waals surface area contributed by atoms with Crippen LogP contribution in [0, 0.1) is 5.92 Å². The summed E-state index contributed by atoms with van der Waals surface area (Å²) in [5.41, 5.74) is 0. The van der Waals surface area contributed by atoms with Crippen molar-refractivity contribution < 1.29 is 14.2 Å². The second-order valence-corrected chi connectivity index (χ2v) is 7.35.